The lowest BCUT2D eigenvalue weighted by Crippen LogP contribution is -2.05. The summed E-state index contributed by atoms with van der Waals surface area (Å²) in [6.45, 7) is 0.892. The minimum absolute atomic E-state index is 0.0783. The monoisotopic (exact) mass is 533 g/mol. The third-order valence-electron chi connectivity index (χ3n) is 5.11. The molecule has 0 saturated carbocycles. The Kier molecular flexibility index (Phi) is 8.42. The zero-order valence-electron chi connectivity index (χ0n) is 19.2. The number of benzene rings is 2. The quantitative estimate of drug-likeness (QED) is 0.200. The fraction of sp³-hybridized carbons (Fsp3) is 0.154. The lowest BCUT2D eigenvalue weighted by atomic mass is 9.97. The molecule has 2 heterocycles. The second-order valence-electron chi connectivity index (χ2n) is 7.46. The molecule has 0 spiro atoms. The number of hydrogen-bond acceptors (Lipinski definition) is 9. The number of methoxy groups -OCH3 is 1. The Bertz CT molecular complexity index is 1440. The van der Waals surface area contributed by atoms with Gasteiger partial charge in [0.15, 0.2) is 0 Å². The maximum absolute atomic E-state index is 10.0. The van der Waals surface area contributed by atoms with Crippen molar-refractivity contribution in [3.8, 4) is 39.6 Å². The van der Waals surface area contributed by atoms with Crippen LogP contribution >= 0.6 is 34.7 Å². The molecule has 0 radical (unpaired) electrons. The van der Waals surface area contributed by atoms with Gasteiger partial charge in [-0.15, -0.1) is 11.3 Å². The Balaban J connectivity index is 1.60. The van der Waals surface area contributed by atoms with Crippen LogP contribution in [-0.4, -0.2) is 30.3 Å². The van der Waals surface area contributed by atoms with E-state index in [9.17, 15) is 10.5 Å². The summed E-state index contributed by atoms with van der Waals surface area (Å²) < 4.78 is 10.6. The van der Waals surface area contributed by atoms with Crippen molar-refractivity contribution in [2.24, 2.45) is 0 Å². The van der Waals surface area contributed by atoms with E-state index < -0.39 is 0 Å². The van der Waals surface area contributed by atoms with Crippen LogP contribution in [-0.2, 0) is 10.5 Å². The summed E-state index contributed by atoms with van der Waals surface area (Å²) in [7, 11) is 1.61. The zero-order valence-corrected chi connectivity index (χ0v) is 21.6. The molecule has 0 aliphatic heterocycles. The number of halogens is 1. The van der Waals surface area contributed by atoms with Gasteiger partial charge >= 0.3 is 0 Å². The summed E-state index contributed by atoms with van der Waals surface area (Å²) in [5.74, 6) is 1.22. The number of rotatable bonds is 9. The molecule has 0 aliphatic carbocycles. The minimum atomic E-state index is 0.0783. The lowest BCUT2D eigenvalue weighted by Gasteiger charge is -2.13. The van der Waals surface area contributed by atoms with Crippen LogP contribution in [0, 0.1) is 22.7 Å². The van der Waals surface area contributed by atoms with Crippen molar-refractivity contribution < 1.29 is 9.47 Å². The van der Waals surface area contributed by atoms with Gasteiger partial charge < -0.3 is 15.2 Å². The first kappa shape index (κ1) is 25.5. The van der Waals surface area contributed by atoms with Gasteiger partial charge in [-0.05, 0) is 29.8 Å². The number of hydrogen-bond donors (Lipinski definition) is 1. The van der Waals surface area contributed by atoms with Crippen LogP contribution in [0.15, 0.2) is 58.9 Å². The number of thiazole rings is 1. The maximum Gasteiger partial charge on any atom is 0.143 e. The molecule has 0 saturated heterocycles. The van der Waals surface area contributed by atoms with Crippen molar-refractivity contribution in [2.75, 3.05) is 26.1 Å². The van der Waals surface area contributed by atoms with Crippen LogP contribution in [0.25, 0.3) is 21.7 Å². The molecule has 7 nitrogen and oxygen atoms in total. The number of nitrogen functional groups attached to an aromatic ring is 1. The maximum atomic E-state index is 10.0. The van der Waals surface area contributed by atoms with Crippen molar-refractivity contribution in [3.63, 3.8) is 0 Å². The van der Waals surface area contributed by atoms with Crippen LogP contribution in [0.2, 0.25) is 5.02 Å². The van der Waals surface area contributed by atoms with Crippen LogP contribution in [0.4, 0.5) is 5.82 Å². The normalized spacial score (nSPS) is 10.6. The van der Waals surface area contributed by atoms with Crippen LogP contribution < -0.4 is 10.5 Å². The summed E-state index contributed by atoms with van der Waals surface area (Å²) in [6, 6.07) is 19.0. The van der Waals surface area contributed by atoms with Gasteiger partial charge in [-0.2, -0.15) is 10.5 Å². The molecule has 36 heavy (non-hydrogen) atoms. The molecule has 2 aromatic heterocycles. The summed E-state index contributed by atoms with van der Waals surface area (Å²) in [5.41, 5.74) is 9.58. The number of nitriles is 2. The summed E-state index contributed by atoms with van der Waals surface area (Å²) >= 11 is 8.87. The van der Waals surface area contributed by atoms with E-state index in [1.54, 1.807) is 31.4 Å². The van der Waals surface area contributed by atoms with Gasteiger partial charge in [-0.1, -0.05) is 47.6 Å². The van der Waals surface area contributed by atoms with Gasteiger partial charge in [-0.25, -0.2) is 9.97 Å². The Morgan fingerprint density at radius 1 is 0.972 bits per heavy atom. The SMILES string of the molecule is COCCOc1ccc(-c2c(C#N)c(N)nc(SCc3csc(-c4ccc(Cl)cc4)n3)c2C#N)cc1. The second-order valence-corrected chi connectivity index (χ2v) is 9.71. The van der Waals surface area contributed by atoms with E-state index in [4.69, 9.17) is 31.8 Å². The number of nitrogens with two attached hydrogens (primary N) is 1. The van der Waals surface area contributed by atoms with Crippen LogP contribution in [0.1, 0.15) is 16.8 Å². The van der Waals surface area contributed by atoms with E-state index in [2.05, 4.69) is 17.1 Å². The number of pyridine rings is 1. The predicted molar refractivity (Wildman–Crippen MR) is 143 cm³/mol. The second kappa shape index (κ2) is 11.9. The van der Waals surface area contributed by atoms with Crippen molar-refractivity contribution in [1.29, 1.82) is 10.5 Å². The summed E-state index contributed by atoms with van der Waals surface area (Å²) in [4.78, 5) is 9.07. The van der Waals surface area contributed by atoms with Crippen molar-refractivity contribution in [2.45, 2.75) is 10.8 Å². The smallest absolute Gasteiger partial charge is 0.143 e. The average Bonchev–Trinajstić information content (AvgIpc) is 3.37. The number of ether oxygens (including phenoxy) is 2. The Labute approximate surface area is 222 Å². The van der Waals surface area contributed by atoms with Crippen molar-refractivity contribution in [1.82, 2.24) is 9.97 Å². The lowest BCUT2D eigenvalue weighted by molar-refractivity contribution is 0.146. The minimum Gasteiger partial charge on any atom is -0.491 e. The fourth-order valence-electron chi connectivity index (χ4n) is 3.39. The summed E-state index contributed by atoms with van der Waals surface area (Å²) in [6.07, 6.45) is 0. The largest absolute Gasteiger partial charge is 0.491 e. The first-order chi connectivity index (χ1) is 17.5. The zero-order chi connectivity index (χ0) is 25.5. The molecule has 180 valence electrons. The molecule has 0 amide bonds. The van der Waals surface area contributed by atoms with Crippen molar-refractivity contribution >= 4 is 40.5 Å². The van der Waals surface area contributed by atoms with Crippen molar-refractivity contribution in [3.05, 3.63) is 75.8 Å². The molecule has 0 unspecified atom stereocenters. The number of nitrogens with zero attached hydrogens (tertiary/aromatic N) is 4. The predicted octanol–water partition coefficient (Wildman–Crippen LogP) is 6.17. The highest BCUT2D eigenvalue weighted by Gasteiger charge is 2.21. The topological polar surface area (TPSA) is 118 Å². The summed E-state index contributed by atoms with van der Waals surface area (Å²) in [5, 5.41) is 23.8. The van der Waals surface area contributed by atoms with E-state index in [1.807, 2.05) is 29.6 Å². The molecule has 0 atom stereocenters. The van der Waals surface area contributed by atoms with E-state index in [-0.39, 0.29) is 11.4 Å². The van der Waals surface area contributed by atoms with E-state index in [0.29, 0.717) is 51.5 Å². The fourth-order valence-corrected chi connectivity index (χ4v) is 5.34. The standard InChI is InChI=1S/C26H20ClN5O2S2/c1-33-10-11-34-20-8-4-16(5-9-20)23-21(12-28)24(30)32-26(22(23)13-29)36-15-19-14-35-25(31-19)17-2-6-18(27)7-3-17/h2-9,14H,10-11,15H2,1H3,(H2,30,32). The molecular weight excluding hydrogens is 514 g/mol. The number of aromatic nitrogens is 2. The molecule has 10 heteroatoms. The highest BCUT2D eigenvalue weighted by molar-refractivity contribution is 7.98. The van der Waals surface area contributed by atoms with Crippen LogP contribution in [0.5, 0.6) is 5.75 Å². The molecule has 4 rings (SSSR count). The third kappa shape index (κ3) is 5.78. The Hall–Kier alpha value is -3.60. The third-order valence-corrected chi connectivity index (χ3v) is 7.32. The molecule has 0 bridgehead atoms. The molecule has 2 aromatic carbocycles. The van der Waals surface area contributed by atoms with Gasteiger partial charge in [0, 0.05) is 34.4 Å². The van der Waals surface area contributed by atoms with E-state index in [1.165, 1.54) is 23.1 Å². The molecular formula is C26H20ClN5O2S2. The number of anilines is 1. The molecule has 4 aromatic rings. The van der Waals surface area contributed by atoms with Crippen LogP contribution in [0.3, 0.4) is 0 Å². The number of thioether (sulfide) groups is 1. The van der Waals surface area contributed by atoms with Gasteiger partial charge in [0.05, 0.1) is 17.9 Å². The van der Waals surface area contributed by atoms with Gasteiger partial charge in [0.2, 0.25) is 0 Å². The van der Waals surface area contributed by atoms with E-state index in [0.717, 1.165) is 16.3 Å². The Morgan fingerprint density at radius 2 is 1.67 bits per heavy atom. The first-order valence-corrected chi connectivity index (χ1v) is 13.0. The molecule has 0 fully saturated rings. The first-order valence-electron chi connectivity index (χ1n) is 10.7. The molecule has 2 N–H and O–H groups in total. The average molecular weight is 534 g/mol. The Morgan fingerprint density at radius 3 is 2.33 bits per heavy atom. The highest BCUT2D eigenvalue weighted by atomic mass is 35.5. The van der Waals surface area contributed by atoms with Gasteiger partial charge in [0.1, 0.15) is 45.9 Å². The van der Waals surface area contributed by atoms with E-state index >= 15 is 0 Å². The van der Waals surface area contributed by atoms with Gasteiger partial charge in [-0.3, -0.25) is 0 Å². The molecule has 0 aliphatic rings. The highest BCUT2D eigenvalue weighted by Crippen LogP contribution is 2.37. The van der Waals surface area contributed by atoms with Gasteiger partial charge in [0.25, 0.3) is 0 Å².